The molecule has 4 rings (SSSR count). The van der Waals surface area contributed by atoms with Crippen molar-refractivity contribution in [2.75, 3.05) is 5.43 Å². The molecule has 144 valence electrons. The molecule has 0 fully saturated rings. The summed E-state index contributed by atoms with van der Waals surface area (Å²) in [7, 11) is 0. The van der Waals surface area contributed by atoms with Gasteiger partial charge in [0.15, 0.2) is 17.4 Å². The van der Waals surface area contributed by atoms with Crippen LogP contribution < -0.4 is 16.6 Å². The Bertz CT molecular complexity index is 961. The largest absolute Gasteiger partial charge is 0.461 e. The van der Waals surface area contributed by atoms with E-state index in [0.29, 0.717) is 24.2 Å². The Hall–Kier alpha value is -3.19. The smallest absolute Gasteiger partial charge is 0.169 e. The van der Waals surface area contributed by atoms with Crippen molar-refractivity contribution in [3.63, 3.8) is 0 Å². The average Bonchev–Trinajstić information content (AvgIpc) is 3.34. The molecule has 2 aliphatic rings. The van der Waals surface area contributed by atoms with E-state index in [-0.39, 0.29) is 29.5 Å². The van der Waals surface area contributed by atoms with Gasteiger partial charge in [-0.15, -0.1) is 0 Å². The van der Waals surface area contributed by atoms with Gasteiger partial charge in [-0.05, 0) is 54.7 Å². The highest BCUT2D eigenvalue weighted by molar-refractivity contribution is 6.08. The maximum atomic E-state index is 13.4. The van der Waals surface area contributed by atoms with Crippen LogP contribution in [0.4, 0.5) is 10.1 Å². The first-order valence-electron chi connectivity index (χ1n) is 9.25. The van der Waals surface area contributed by atoms with Crippen LogP contribution in [0.2, 0.25) is 0 Å². The quantitative estimate of drug-likeness (QED) is 0.365. The van der Waals surface area contributed by atoms with Gasteiger partial charge in [0.1, 0.15) is 0 Å². The monoisotopic (exact) mass is 379 g/mol. The minimum Gasteiger partial charge on any atom is -0.461 e. The highest BCUT2D eigenvalue weighted by Crippen LogP contribution is 2.37. The molecular weight excluding hydrogens is 357 g/mol. The van der Waals surface area contributed by atoms with E-state index in [1.54, 1.807) is 18.2 Å². The number of fused-ring (bicyclic) bond motifs is 1. The Morgan fingerprint density at radius 2 is 2.21 bits per heavy atom. The van der Waals surface area contributed by atoms with Crippen LogP contribution in [0.5, 0.6) is 0 Å². The van der Waals surface area contributed by atoms with Gasteiger partial charge in [-0.2, -0.15) is 0 Å². The fourth-order valence-electron chi connectivity index (χ4n) is 3.56. The van der Waals surface area contributed by atoms with E-state index in [1.165, 1.54) is 6.26 Å². The van der Waals surface area contributed by atoms with Crippen molar-refractivity contribution in [3.05, 3.63) is 77.5 Å². The predicted octanol–water partition coefficient (Wildman–Crippen LogP) is 4.19. The maximum Gasteiger partial charge on any atom is 0.169 e. The van der Waals surface area contributed by atoms with Gasteiger partial charge in [0.2, 0.25) is 0 Å². The minimum absolute atomic E-state index is 0.0416. The lowest BCUT2D eigenvalue weighted by Gasteiger charge is -2.21. The van der Waals surface area contributed by atoms with Crippen LogP contribution in [0.3, 0.4) is 0 Å². The summed E-state index contributed by atoms with van der Waals surface area (Å²) in [4.78, 5) is 4.17. The number of hydrazine groups is 1. The van der Waals surface area contributed by atoms with E-state index in [2.05, 4.69) is 21.9 Å². The van der Waals surface area contributed by atoms with Crippen LogP contribution in [0.15, 0.2) is 70.1 Å². The van der Waals surface area contributed by atoms with Gasteiger partial charge in [-0.25, -0.2) is 14.8 Å². The van der Waals surface area contributed by atoms with Gasteiger partial charge >= 0.3 is 0 Å². The third kappa shape index (κ3) is 3.75. The van der Waals surface area contributed by atoms with Gasteiger partial charge < -0.3 is 15.6 Å². The summed E-state index contributed by atoms with van der Waals surface area (Å²) < 4.78 is 18.7. The lowest BCUT2D eigenvalue weighted by atomic mass is 9.87. The Balaban J connectivity index is 1.57. The highest BCUT2D eigenvalue weighted by Gasteiger charge is 2.28. The number of benzene rings is 1. The Morgan fingerprint density at radius 1 is 1.32 bits per heavy atom. The summed E-state index contributed by atoms with van der Waals surface area (Å²) in [5.74, 6) is 0.822. The molecule has 0 radical (unpaired) electrons. The number of hydrogen-bond donors (Lipinski definition) is 4. The fraction of sp³-hybridized carbons (Fsp3) is 0.238. The SMILES string of the molecule is N=C(N=C(N)c1ccco1)c1ccc2c(c1)C(C1/C=C\C/C(F)=C\CC1)NN2. The molecule has 0 bridgehead atoms. The first kappa shape index (κ1) is 18.2. The van der Waals surface area contributed by atoms with Crippen LogP contribution in [0.25, 0.3) is 0 Å². The molecule has 5 N–H and O–H groups in total. The highest BCUT2D eigenvalue weighted by atomic mass is 19.1. The van der Waals surface area contributed by atoms with E-state index in [9.17, 15) is 4.39 Å². The van der Waals surface area contributed by atoms with Crippen molar-refractivity contribution in [3.8, 4) is 0 Å². The van der Waals surface area contributed by atoms with Crippen LogP contribution in [-0.4, -0.2) is 11.7 Å². The molecule has 6 nitrogen and oxygen atoms in total. The van der Waals surface area contributed by atoms with Crippen molar-refractivity contribution in [1.29, 1.82) is 5.41 Å². The summed E-state index contributed by atoms with van der Waals surface area (Å²) in [6, 6.07) is 9.19. The lowest BCUT2D eigenvalue weighted by Crippen LogP contribution is -2.25. The standard InChI is InChI=1S/C21H22FN5O/c22-15-6-1-4-13(5-2-7-15)19-16-12-14(9-10-17(16)26-27-19)20(23)25-21(24)18-8-3-11-28-18/h1,3-4,7-13,19,26-27H,2,5-6H2,(H3,23,24,25)/b4-1-,15-7+. The summed E-state index contributed by atoms with van der Waals surface area (Å²) in [5.41, 5.74) is 15.2. The van der Waals surface area contributed by atoms with Crippen LogP contribution in [0, 0.1) is 11.3 Å². The van der Waals surface area contributed by atoms with E-state index >= 15 is 0 Å². The maximum absolute atomic E-state index is 13.4. The van der Waals surface area contributed by atoms with Crippen LogP contribution >= 0.6 is 0 Å². The minimum atomic E-state index is -0.0738. The third-order valence-electron chi connectivity index (χ3n) is 5.02. The molecule has 0 saturated heterocycles. The first-order valence-corrected chi connectivity index (χ1v) is 9.25. The molecule has 2 heterocycles. The number of nitrogens with zero attached hydrogens (tertiary/aromatic N) is 1. The van der Waals surface area contributed by atoms with Crippen molar-refractivity contribution < 1.29 is 8.81 Å². The lowest BCUT2D eigenvalue weighted by molar-refractivity contribution is 0.439. The van der Waals surface area contributed by atoms with Crippen molar-refractivity contribution in [1.82, 2.24) is 5.43 Å². The summed E-state index contributed by atoms with van der Waals surface area (Å²) in [5, 5.41) is 8.31. The Kier molecular flexibility index (Phi) is 5.08. The van der Waals surface area contributed by atoms with Crippen LogP contribution in [-0.2, 0) is 0 Å². The number of amidine groups is 2. The Labute approximate surface area is 162 Å². The molecule has 0 spiro atoms. The zero-order valence-electron chi connectivity index (χ0n) is 15.3. The zero-order valence-corrected chi connectivity index (χ0v) is 15.3. The number of hydrogen-bond acceptors (Lipinski definition) is 4. The first-order chi connectivity index (χ1) is 13.6. The van der Waals surface area contributed by atoms with Crippen LogP contribution in [0.1, 0.15) is 42.2 Å². The number of nitrogens with one attached hydrogen (secondary N) is 3. The molecule has 2 aromatic rings. The molecule has 1 aliphatic carbocycles. The van der Waals surface area contributed by atoms with E-state index in [0.717, 1.165) is 17.7 Å². The molecular formula is C21H22FN5O. The number of furan rings is 1. The molecule has 1 aromatic carbocycles. The fourth-order valence-corrected chi connectivity index (χ4v) is 3.56. The average molecular weight is 379 g/mol. The second-order valence-electron chi connectivity index (χ2n) is 6.90. The topological polar surface area (TPSA) is 99.4 Å². The molecule has 0 saturated carbocycles. The summed E-state index contributed by atoms with van der Waals surface area (Å²) >= 11 is 0. The number of anilines is 1. The molecule has 0 amide bonds. The molecule has 2 atom stereocenters. The molecule has 1 aromatic heterocycles. The second kappa shape index (κ2) is 7.82. The molecule has 1 aliphatic heterocycles. The van der Waals surface area contributed by atoms with Crippen molar-refractivity contribution >= 4 is 17.4 Å². The number of halogens is 1. The van der Waals surface area contributed by atoms with E-state index in [1.807, 2.05) is 24.3 Å². The van der Waals surface area contributed by atoms with Gasteiger partial charge in [-0.3, -0.25) is 5.41 Å². The van der Waals surface area contributed by atoms with Gasteiger partial charge in [0, 0.05) is 12.0 Å². The zero-order chi connectivity index (χ0) is 19.5. The van der Waals surface area contributed by atoms with E-state index in [4.69, 9.17) is 15.6 Å². The summed E-state index contributed by atoms with van der Waals surface area (Å²) in [6.07, 6.45) is 9.03. The predicted molar refractivity (Wildman–Crippen MR) is 108 cm³/mol. The molecule has 2 unspecified atom stereocenters. The summed E-state index contributed by atoms with van der Waals surface area (Å²) in [6.45, 7) is 0. The van der Waals surface area contributed by atoms with Gasteiger partial charge in [-0.1, -0.05) is 18.2 Å². The molecule has 7 heteroatoms. The Morgan fingerprint density at radius 3 is 3.04 bits per heavy atom. The number of aliphatic imine (C=N–C) groups is 1. The second-order valence-corrected chi connectivity index (χ2v) is 6.90. The molecule has 28 heavy (non-hydrogen) atoms. The van der Waals surface area contributed by atoms with Gasteiger partial charge in [0.05, 0.1) is 23.8 Å². The van der Waals surface area contributed by atoms with Crippen molar-refractivity contribution in [2.45, 2.75) is 25.3 Å². The van der Waals surface area contributed by atoms with Gasteiger partial charge in [0.25, 0.3) is 0 Å². The van der Waals surface area contributed by atoms with Crippen molar-refractivity contribution in [2.24, 2.45) is 16.6 Å². The number of allylic oxidation sites excluding steroid dienone is 3. The number of rotatable bonds is 3. The van der Waals surface area contributed by atoms with E-state index < -0.39 is 0 Å². The normalized spacial score (nSPS) is 25.0. The number of nitrogens with two attached hydrogens (primary N) is 1. The third-order valence-corrected chi connectivity index (χ3v) is 5.02.